The number of benzene rings is 1. The molecule has 98 valence electrons. The second-order valence-electron chi connectivity index (χ2n) is 4.53. The van der Waals surface area contributed by atoms with Crippen molar-refractivity contribution in [1.29, 1.82) is 0 Å². The minimum atomic E-state index is -0.854. The van der Waals surface area contributed by atoms with Gasteiger partial charge in [0, 0.05) is 6.54 Å². The Bertz CT molecular complexity index is 431. The van der Waals surface area contributed by atoms with Crippen molar-refractivity contribution in [2.24, 2.45) is 5.92 Å². The normalized spacial score (nSPS) is 20.5. The molecule has 0 aromatic heterocycles. The van der Waals surface area contributed by atoms with E-state index in [9.17, 15) is 4.79 Å². The summed E-state index contributed by atoms with van der Waals surface area (Å²) >= 11 is 11.6. The molecule has 1 unspecified atom stereocenters. The van der Waals surface area contributed by atoms with Crippen LogP contribution in [0.2, 0.25) is 0 Å². The largest absolute Gasteiger partial charge is 0.392 e. The monoisotopic (exact) mass is 287 g/mol. The summed E-state index contributed by atoms with van der Waals surface area (Å²) in [6.07, 6.45) is 1.29. The molecule has 0 aliphatic heterocycles. The summed E-state index contributed by atoms with van der Waals surface area (Å²) in [6.45, 7) is 0.615. The van der Waals surface area contributed by atoms with Crippen molar-refractivity contribution in [3.05, 3.63) is 35.4 Å². The number of carbonyl (C=O) groups is 1. The average Bonchev–Trinajstić information content (AvgIpc) is 2.99. The summed E-state index contributed by atoms with van der Waals surface area (Å²) in [5, 5.41) is 11.7. The first-order valence-corrected chi connectivity index (χ1v) is 6.63. The van der Waals surface area contributed by atoms with Gasteiger partial charge in [-0.2, -0.15) is 0 Å². The average molecular weight is 288 g/mol. The molecule has 1 saturated carbocycles. The van der Waals surface area contributed by atoms with Gasteiger partial charge in [-0.15, -0.1) is 23.2 Å². The smallest absolute Gasteiger partial charge is 0.226 e. The minimum absolute atomic E-state index is 0.0478. The molecule has 1 aliphatic carbocycles. The summed E-state index contributed by atoms with van der Waals surface area (Å²) in [5.41, 5.74) is 2.00. The quantitative estimate of drug-likeness (QED) is 0.815. The van der Waals surface area contributed by atoms with Gasteiger partial charge in [0.1, 0.15) is 4.33 Å². The van der Waals surface area contributed by atoms with Crippen molar-refractivity contribution in [3.63, 3.8) is 0 Å². The fourth-order valence-electron chi connectivity index (χ4n) is 1.76. The third-order valence-corrected chi connectivity index (χ3v) is 3.90. The summed E-state index contributed by atoms with van der Waals surface area (Å²) in [6, 6.07) is 7.64. The van der Waals surface area contributed by atoms with Crippen LogP contribution in [0.25, 0.3) is 0 Å². The minimum Gasteiger partial charge on any atom is -0.392 e. The maximum absolute atomic E-state index is 11.6. The third-order valence-electron chi connectivity index (χ3n) is 3.06. The zero-order chi connectivity index (χ0) is 13.2. The molecule has 2 rings (SSSR count). The van der Waals surface area contributed by atoms with Crippen LogP contribution < -0.4 is 5.32 Å². The van der Waals surface area contributed by atoms with E-state index in [4.69, 9.17) is 28.3 Å². The number of rotatable bonds is 5. The number of hydrogen-bond acceptors (Lipinski definition) is 2. The Balaban J connectivity index is 1.73. The van der Waals surface area contributed by atoms with E-state index in [1.807, 2.05) is 24.3 Å². The van der Waals surface area contributed by atoms with Crippen LogP contribution in [-0.2, 0) is 17.8 Å². The maximum Gasteiger partial charge on any atom is 0.226 e. The number of aliphatic hydroxyl groups excluding tert-OH is 1. The van der Waals surface area contributed by atoms with E-state index in [2.05, 4.69) is 5.32 Å². The van der Waals surface area contributed by atoms with E-state index in [0.29, 0.717) is 13.0 Å². The molecule has 1 aliphatic rings. The van der Waals surface area contributed by atoms with Crippen LogP contribution in [0.3, 0.4) is 0 Å². The Labute approximate surface area is 116 Å². The Hall–Kier alpha value is -0.770. The summed E-state index contributed by atoms with van der Waals surface area (Å²) < 4.78 is -0.854. The first-order valence-electron chi connectivity index (χ1n) is 5.87. The SMILES string of the molecule is O=C(NCCc1ccc(CO)cc1)C1CC1(Cl)Cl. The fourth-order valence-corrected chi connectivity index (χ4v) is 2.27. The lowest BCUT2D eigenvalue weighted by Gasteiger charge is -2.06. The van der Waals surface area contributed by atoms with Crippen molar-refractivity contribution in [2.75, 3.05) is 6.54 Å². The van der Waals surface area contributed by atoms with Gasteiger partial charge in [-0.1, -0.05) is 24.3 Å². The summed E-state index contributed by atoms with van der Waals surface area (Å²) in [4.78, 5) is 11.6. The van der Waals surface area contributed by atoms with Gasteiger partial charge in [0.05, 0.1) is 12.5 Å². The number of alkyl halides is 2. The predicted molar refractivity (Wildman–Crippen MR) is 71.6 cm³/mol. The zero-order valence-electron chi connectivity index (χ0n) is 9.83. The lowest BCUT2D eigenvalue weighted by Crippen LogP contribution is -2.28. The molecule has 5 heteroatoms. The van der Waals surface area contributed by atoms with Crippen LogP contribution in [0, 0.1) is 5.92 Å². The maximum atomic E-state index is 11.6. The van der Waals surface area contributed by atoms with Gasteiger partial charge >= 0.3 is 0 Å². The van der Waals surface area contributed by atoms with Crippen LogP contribution in [0.4, 0.5) is 0 Å². The van der Waals surface area contributed by atoms with Crippen molar-refractivity contribution in [1.82, 2.24) is 5.32 Å². The van der Waals surface area contributed by atoms with E-state index < -0.39 is 4.33 Å². The van der Waals surface area contributed by atoms with Gasteiger partial charge in [-0.25, -0.2) is 0 Å². The molecular weight excluding hydrogens is 273 g/mol. The highest BCUT2D eigenvalue weighted by molar-refractivity contribution is 6.52. The van der Waals surface area contributed by atoms with Crippen molar-refractivity contribution < 1.29 is 9.90 Å². The van der Waals surface area contributed by atoms with E-state index in [0.717, 1.165) is 17.5 Å². The standard InChI is InChI=1S/C13H15Cl2NO2/c14-13(15)7-11(13)12(18)16-6-5-9-1-3-10(8-17)4-2-9/h1-4,11,17H,5-8H2,(H,16,18). The Morgan fingerprint density at radius 3 is 2.39 bits per heavy atom. The van der Waals surface area contributed by atoms with Crippen molar-refractivity contribution in [2.45, 2.75) is 23.8 Å². The van der Waals surface area contributed by atoms with Crippen LogP contribution in [0.1, 0.15) is 17.5 Å². The molecule has 0 bridgehead atoms. The van der Waals surface area contributed by atoms with Crippen LogP contribution in [0.15, 0.2) is 24.3 Å². The van der Waals surface area contributed by atoms with E-state index in [1.54, 1.807) is 0 Å². The molecule has 0 heterocycles. The van der Waals surface area contributed by atoms with Gasteiger partial charge in [-0.05, 0) is 24.0 Å². The Morgan fingerprint density at radius 2 is 1.89 bits per heavy atom. The van der Waals surface area contributed by atoms with Crippen LogP contribution in [-0.4, -0.2) is 21.9 Å². The number of aliphatic hydroxyl groups is 1. The van der Waals surface area contributed by atoms with Crippen molar-refractivity contribution >= 4 is 29.1 Å². The number of amides is 1. The molecular formula is C13H15Cl2NO2. The second-order valence-corrected chi connectivity index (χ2v) is 6.08. The number of hydrogen-bond donors (Lipinski definition) is 2. The molecule has 18 heavy (non-hydrogen) atoms. The first-order chi connectivity index (χ1) is 8.53. The zero-order valence-corrected chi connectivity index (χ0v) is 11.3. The Kier molecular flexibility index (Phi) is 4.15. The van der Waals surface area contributed by atoms with E-state index >= 15 is 0 Å². The topological polar surface area (TPSA) is 49.3 Å². The van der Waals surface area contributed by atoms with Gasteiger partial charge in [-0.3, -0.25) is 4.79 Å². The molecule has 1 fully saturated rings. The first kappa shape index (κ1) is 13.7. The highest BCUT2D eigenvalue weighted by Gasteiger charge is 2.56. The molecule has 0 radical (unpaired) electrons. The molecule has 0 saturated heterocycles. The molecule has 1 atom stereocenters. The van der Waals surface area contributed by atoms with E-state index in [-0.39, 0.29) is 18.4 Å². The third kappa shape index (κ3) is 3.37. The Morgan fingerprint density at radius 1 is 1.33 bits per heavy atom. The molecule has 1 aromatic rings. The number of nitrogens with one attached hydrogen (secondary N) is 1. The number of halogens is 2. The molecule has 1 amide bonds. The second kappa shape index (κ2) is 5.47. The lowest BCUT2D eigenvalue weighted by molar-refractivity contribution is -0.122. The highest BCUT2D eigenvalue weighted by atomic mass is 35.5. The molecule has 3 nitrogen and oxygen atoms in total. The van der Waals surface area contributed by atoms with Gasteiger partial charge in [0.2, 0.25) is 5.91 Å². The van der Waals surface area contributed by atoms with Gasteiger partial charge < -0.3 is 10.4 Å². The molecule has 1 aromatic carbocycles. The summed E-state index contributed by atoms with van der Waals surface area (Å²) in [5.74, 6) is -0.343. The predicted octanol–water partition coefficient (Wildman–Crippen LogP) is 2.03. The summed E-state index contributed by atoms with van der Waals surface area (Å²) in [7, 11) is 0. The van der Waals surface area contributed by atoms with Crippen molar-refractivity contribution in [3.8, 4) is 0 Å². The van der Waals surface area contributed by atoms with E-state index in [1.165, 1.54) is 0 Å². The lowest BCUT2D eigenvalue weighted by atomic mass is 10.1. The van der Waals surface area contributed by atoms with Crippen LogP contribution >= 0.6 is 23.2 Å². The molecule has 0 spiro atoms. The molecule has 2 N–H and O–H groups in total. The van der Waals surface area contributed by atoms with Gasteiger partial charge in [0.15, 0.2) is 0 Å². The number of carbonyl (C=O) groups excluding carboxylic acids is 1. The van der Waals surface area contributed by atoms with Crippen LogP contribution in [0.5, 0.6) is 0 Å². The highest BCUT2D eigenvalue weighted by Crippen LogP contribution is 2.53. The fraction of sp³-hybridized carbons (Fsp3) is 0.462. The van der Waals surface area contributed by atoms with Gasteiger partial charge in [0.25, 0.3) is 0 Å².